The van der Waals surface area contributed by atoms with Crippen LogP contribution in [0.15, 0.2) is 66.0 Å². The minimum absolute atomic E-state index is 0.0731. The number of carbonyl (C=O) groups is 1. The van der Waals surface area contributed by atoms with Crippen molar-refractivity contribution in [1.82, 2.24) is 9.78 Å². The topological polar surface area (TPSA) is 38.1 Å². The van der Waals surface area contributed by atoms with Crippen molar-refractivity contribution in [3.05, 3.63) is 88.7 Å². The van der Waals surface area contributed by atoms with E-state index in [1.54, 1.807) is 52.7 Å². The van der Waals surface area contributed by atoms with Gasteiger partial charge in [0.15, 0.2) is 5.69 Å². The largest absolute Gasteiger partial charge is 0.435 e. The zero-order valence-electron chi connectivity index (χ0n) is 18.0. The Labute approximate surface area is 197 Å². The minimum atomic E-state index is -4.58. The third kappa shape index (κ3) is 4.00. The lowest BCUT2D eigenvalue weighted by molar-refractivity contribution is -0.141. The van der Waals surface area contributed by atoms with Crippen LogP contribution in [0.25, 0.3) is 16.3 Å². The van der Waals surface area contributed by atoms with Crippen molar-refractivity contribution in [3.63, 3.8) is 0 Å². The highest BCUT2D eigenvalue weighted by molar-refractivity contribution is 7.13. The molecule has 1 aliphatic rings. The number of carbonyl (C=O) groups excluding carboxylic acids is 1. The molecule has 1 aliphatic heterocycles. The van der Waals surface area contributed by atoms with Crippen molar-refractivity contribution >= 4 is 22.9 Å². The summed E-state index contributed by atoms with van der Waals surface area (Å²) in [6, 6.07) is 15.2. The Kier molecular flexibility index (Phi) is 5.51. The van der Waals surface area contributed by atoms with Crippen LogP contribution in [-0.4, -0.2) is 21.7 Å². The van der Waals surface area contributed by atoms with Gasteiger partial charge in [-0.3, -0.25) is 4.79 Å². The van der Waals surface area contributed by atoms with Gasteiger partial charge in [0.1, 0.15) is 5.82 Å². The van der Waals surface area contributed by atoms with E-state index in [4.69, 9.17) is 0 Å². The van der Waals surface area contributed by atoms with Crippen LogP contribution in [0.4, 0.5) is 23.2 Å². The van der Waals surface area contributed by atoms with E-state index in [2.05, 4.69) is 5.10 Å². The van der Waals surface area contributed by atoms with E-state index in [0.717, 1.165) is 11.6 Å². The van der Waals surface area contributed by atoms with Gasteiger partial charge in [0.2, 0.25) is 0 Å². The van der Waals surface area contributed by atoms with Crippen LogP contribution in [0.3, 0.4) is 0 Å². The Hall–Kier alpha value is -3.46. The monoisotopic (exact) mass is 485 g/mol. The van der Waals surface area contributed by atoms with Gasteiger partial charge in [-0.2, -0.15) is 18.3 Å². The van der Waals surface area contributed by atoms with Crippen molar-refractivity contribution in [2.24, 2.45) is 0 Å². The first kappa shape index (κ1) is 22.3. The lowest BCUT2D eigenvalue weighted by Gasteiger charge is -2.35. The first-order valence-corrected chi connectivity index (χ1v) is 11.5. The maximum atomic E-state index is 13.7. The molecule has 2 aromatic heterocycles. The fourth-order valence-electron chi connectivity index (χ4n) is 4.23. The third-order valence-corrected chi connectivity index (χ3v) is 6.82. The average molecular weight is 486 g/mol. The van der Waals surface area contributed by atoms with E-state index < -0.39 is 11.9 Å². The predicted octanol–water partition coefficient (Wildman–Crippen LogP) is 6.74. The van der Waals surface area contributed by atoms with Crippen LogP contribution in [0.5, 0.6) is 0 Å². The molecule has 9 heteroatoms. The molecule has 4 nitrogen and oxygen atoms in total. The molecule has 34 heavy (non-hydrogen) atoms. The number of hydrogen-bond donors (Lipinski definition) is 0. The fourth-order valence-corrected chi connectivity index (χ4v) is 4.96. The van der Waals surface area contributed by atoms with Crippen molar-refractivity contribution in [1.29, 1.82) is 0 Å². The quantitative estimate of drug-likeness (QED) is 0.302. The summed E-state index contributed by atoms with van der Waals surface area (Å²) in [5, 5.41) is 5.57. The van der Waals surface area contributed by atoms with E-state index >= 15 is 0 Å². The molecule has 0 N–H and O–H groups in total. The zero-order chi connectivity index (χ0) is 24.0. The van der Waals surface area contributed by atoms with Crippen molar-refractivity contribution < 1.29 is 22.4 Å². The minimum Gasteiger partial charge on any atom is -0.305 e. The molecule has 3 heterocycles. The van der Waals surface area contributed by atoms with Gasteiger partial charge in [0.25, 0.3) is 5.91 Å². The Morgan fingerprint density at radius 3 is 2.53 bits per heavy atom. The second kappa shape index (κ2) is 8.39. The Bertz CT molecular complexity index is 1340. The maximum Gasteiger partial charge on any atom is 0.435 e. The number of thiophene rings is 1. The number of hydrogen-bond acceptors (Lipinski definition) is 3. The SMILES string of the molecule is CC1CCc2cc(F)ccc2N1C(=O)c1ccc(-n2nc(C(F)(F)F)cc2-c2cccs2)cc1. The number of rotatable bonds is 3. The van der Waals surface area contributed by atoms with Crippen LogP contribution < -0.4 is 4.90 Å². The van der Waals surface area contributed by atoms with Gasteiger partial charge in [-0.15, -0.1) is 11.3 Å². The van der Waals surface area contributed by atoms with E-state index in [-0.39, 0.29) is 17.8 Å². The highest BCUT2D eigenvalue weighted by Gasteiger charge is 2.35. The summed E-state index contributed by atoms with van der Waals surface area (Å²) in [6.07, 6.45) is -3.19. The number of aromatic nitrogens is 2. The van der Waals surface area contributed by atoms with Crippen LogP contribution in [0.2, 0.25) is 0 Å². The number of nitrogens with zero attached hydrogens (tertiary/aromatic N) is 3. The molecule has 0 aliphatic carbocycles. The second-order valence-corrected chi connectivity index (χ2v) is 9.13. The van der Waals surface area contributed by atoms with Gasteiger partial charge >= 0.3 is 6.18 Å². The molecule has 1 atom stereocenters. The van der Waals surface area contributed by atoms with Gasteiger partial charge in [-0.25, -0.2) is 9.07 Å². The van der Waals surface area contributed by atoms with Gasteiger partial charge in [-0.1, -0.05) is 6.07 Å². The number of aryl methyl sites for hydroxylation is 1. The van der Waals surface area contributed by atoms with Gasteiger partial charge in [0, 0.05) is 17.3 Å². The van der Waals surface area contributed by atoms with Gasteiger partial charge in [0.05, 0.1) is 16.3 Å². The summed E-state index contributed by atoms with van der Waals surface area (Å²) in [5.41, 5.74) is 1.58. The molecule has 0 fully saturated rings. The fraction of sp³-hybridized carbons (Fsp3) is 0.200. The normalized spacial score (nSPS) is 15.9. The molecule has 0 radical (unpaired) electrons. The Morgan fingerprint density at radius 2 is 1.85 bits per heavy atom. The highest BCUT2D eigenvalue weighted by Crippen LogP contribution is 2.35. The van der Waals surface area contributed by atoms with Crippen molar-refractivity contribution in [3.8, 4) is 16.3 Å². The van der Waals surface area contributed by atoms with Crippen LogP contribution in [-0.2, 0) is 12.6 Å². The first-order chi connectivity index (χ1) is 16.2. The molecule has 1 amide bonds. The van der Waals surface area contributed by atoms with E-state index in [1.165, 1.54) is 28.2 Å². The third-order valence-electron chi connectivity index (χ3n) is 5.92. The number of anilines is 1. The number of fused-ring (bicyclic) bond motifs is 1. The molecule has 0 spiro atoms. The van der Waals surface area contributed by atoms with Crippen molar-refractivity contribution in [2.45, 2.75) is 32.0 Å². The summed E-state index contributed by atoms with van der Waals surface area (Å²) in [7, 11) is 0. The molecule has 0 bridgehead atoms. The second-order valence-electron chi connectivity index (χ2n) is 8.18. The number of halogens is 4. The Balaban J connectivity index is 1.50. The molecule has 1 unspecified atom stereocenters. The van der Waals surface area contributed by atoms with E-state index in [1.807, 2.05) is 6.92 Å². The summed E-state index contributed by atoms with van der Waals surface area (Å²) in [6.45, 7) is 1.94. The van der Waals surface area contributed by atoms with Crippen molar-refractivity contribution in [2.75, 3.05) is 4.90 Å². The molecule has 4 aromatic rings. The summed E-state index contributed by atoms with van der Waals surface area (Å²) in [5.74, 6) is -0.592. The van der Waals surface area contributed by atoms with Gasteiger partial charge < -0.3 is 4.90 Å². The lowest BCUT2D eigenvalue weighted by atomic mass is 9.95. The average Bonchev–Trinajstić information content (AvgIpc) is 3.49. The summed E-state index contributed by atoms with van der Waals surface area (Å²) < 4.78 is 55.0. The number of amides is 1. The molecule has 0 saturated carbocycles. The highest BCUT2D eigenvalue weighted by atomic mass is 32.1. The van der Waals surface area contributed by atoms with Crippen LogP contribution in [0, 0.1) is 5.82 Å². The van der Waals surface area contributed by atoms with E-state index in [9.17, 15) is 22.4 Å². The smallest absolute Gasteiger partial charge is 0.305 e. The number of benzene rings is 2. The van der Waals surface area contributed by atoms with Crippen LogP contribution in [0.1, 0.15) is 35.0 Å². The molecule has 5 rings (SSSR count). The maximum absolute atomic E-state index is 13.7. The van der Waals surface area contributed by atoms with Crippen LogP contribution >= 0.6 is 11.3 Å². The summed E-state index contributed by atoms with van der Waals surface area (Å²) >= 11 is 1.31. The summed E-state index contributed by atoms with van der Waals surface area (Å²) in [4.78, 5) is 15.7. The van der Waals surface area contributed by atoms with Gasteiger partial charge in [-0.05, 0) is 85.3 Å². The molecule has 174 valence electrons. The predicted molar refractivity (Wildman–Crippen MR) is 123 cm³/mol. The Morgan fingerprint density at radius 1 is 1.09 bits per heavy atom. The zero-order valence-corrected chi connectivity index (χ0v) is 18.8. The molecular formula is C25H19F4N3OS. The lowest BCUT2D eigenvalue weighted by Crippen LogP contribution is -2.42. The molecule has 2 aromatic carbocycles. The standard InChI is InChI=1S/C25H19F4N3OS/c1-15-4-5-17-13-18(26)8-11-20(17)31(15)24(33)16-6-9-19(10-7-16)32-21(22-3-2-12-34-22)14-23(30-32)25(27,28)29/h2-3,6-15H,4-5H2,1H3. The first-order valence-electron chi connectivity index (χ1n) is 10.7. The van der Waals surface area contributed by atoms with E-state index in [0.29, 0.717) is 40.4 Å². The molecular weight excluding hydrogens is 466 g/mol. The number of alkyl halides is 3. The molecule has 0 saturated heterocycles.